The van der Waals surface area contributed by atoms with Crippen molar-refractivity contribution < 1.29 is 14.3 Å². The number of fused-ring (bicyclic) bond motifs is 1. The maximum absolute atomic E-state index is 13.1. The van der Waals surface area contributed by atoms with Gasteiger partial charge in [0.25, 0.3) is 5.91 Å². The Morgan fingerprint density at radius 2 is 1.61 bits per heavy atom. The fourth-order valence-electron chi connectivity index (χ4n) is 3.71. The van der Waals surface area contributed by atoms with Crippen LogP contribution in [0.2, 0.25) is 0 Å². The summed E-state index contributed by atoms with van der Waals surface area (Å²) in [6, 6.07) is 22.0. The number of nitrogens with zero attached hydrogens (tertiary/aromatic N) is 1. The molecule has 0 aliphatic rings. The first-order valence-electron chi connectivity index (χ1n) is 12.0. The van der Waals surface area contributed by atoms with Crippen LogP contribution in [-0.4, -0.2) is 22.8 Å². The predicted molar refractivity (Wildman–Crippen MR) is 146 cm³/mol. The predicted octanol–water partition coefficient (Wildman–Crippen LogP) is 6.78. The van der Waals surface area contributed by atoms with Gasteiger partial charge in [-0.3, -0.25) is 9.59 Å². The molecule has 0 aliphatic heterocycles. The van der Waals surface area contributed by atoms with Gasteiger partial charge < -0.3 is 15.4 Å². The number of benzene rings is 3. The highest BCUT2D eigenvalue weighted by Crippen LogP contribution is 2.31. The van der Waals surface area contributed by atoms with Gasteiger partial charge in [-0.1, -0.05) is 76.3 Å². The highest BCUT2D eigenvalue weighted by atomic mass is 32.1. The fourth-order valence-corrected chi connectivity index (χ4v) is 4.61. The Morgan fingerprint density at radius 3 is 2.25 bits per heavy atom. The average Bonchev–Trinajstić information content (AvgIpc) is 3.23. The Bertz CT molecular complexity index is 1360. The molecule has 7 heteroatoms. The van der Waals surface area contributed by atoms with E-state index < -0.39 is 6.04 Å². The number of para-hydroxylation sites is 1. The first-order chi connectivity index (χ1) is 17.1. The standard InChI is InChI=1S/C29H31N3O3S/c1-18(2)25(31-26(33)19-11-13-20(14-12-19)29(3,4)5)27(34)32-28-30-23-16-15-22(17-24(23)36-28)35-21-9-7-6-8-10-21/h6-18,25H,1-5H3,(H,31,33)(H,30,32,34)/t25-/m0/s1. The van der Waals surface area contributed by atoms with Crippen molar-refractivity contribution in [1.82, 2.24) is 10.3 Å². The zero-order valence-electron chi connectivity index (χ0n) is 21.2. The number of rotatable bonds is 7. The third-order valence-corrected chi connectivity index (χ3v) is 6.75. The molecule has 1 aromatic heterocycles. The molecule has 0 saturated carbocycles. The number of thiazole rings is 1. The van der Waals surface area contributed by atoms with Gasteiger partial charge in [-0.05, 0) is 53.3 Å². The Kier molecular flexibility index (Phi) is 7.40. The molecule has 0 aliphatic carbocycles. The van der Waals surface area contributed by atoms with Crippen LogP contribution in [0.25, 0.3) is 10.2 Å². The summed E-state index contributed by atoms with van der Waals surface area (Å²) < 4.78 is 6.79. The molecule has 4 aromatic rings. The van der Waals surface area contributed by atoms with Crippen LogP contribution in [0.1, 0.15) is 50.5 Å². The minimum Gasteiger partial charge on any atom is -0.457 e. The smallest absolute Gasteiger partial charge is 0.251 e. The molecule has 0 radical (unpaired) electrons. The van der Waals surface area contributed by atoms with Gasteiger partial charge in [0, 0.05) is 11.6 Å². The minimum absolute atomic E-state index is 0.00104. The van der Waals surface area contributed by atoms with Crippen molar-refractivity contribution in [3.63, 3.8) is 0 Å². The quantitative estimate of drug-likeness (QED) is 0.293. The molecule has 6 nitrogen and oxygen atoms in total. The van der Waals surface area contributed by atoms with Crippen molar-refractivity contribution in [3.8, 4) is 11.5 Å². The van der Waals surface area contributed by atoms with Crippen molar-refractivity contribution in [1.29, 1.82) is 0 Å². The fraction of sp³-hybridized carbons (Fsp3) is 0.276. The number of anilines is 1. The first kappa shape index (κ1) is 25.4. The van der Waals surface area contributed by atoms with Gasteiger partial charge >= 0.3 is 0 Å². The van der Waals surface area contributed by atoms with E-state index in [1.807, 2.05) is 74.5 Å². The van der Waals surface area contributed by atoms with Crippen LogP contribution in [0.15, 0.2) is 72.8 Å². The van der Waals surface area contributed by atoms with Gasteiger partial charge in [0.1, 0.15) is 17.5 Å². The second kappa shape index (κ2) is 10.5. The van der Waals surface area contributed by atoms with E-state index in [0.717, 1.165) is 21.5 Å². The SMILES string of the molecule is CC(C)[C@H](NC(=O)c1ccc(C(C)(C)C)cc1)C(=O)Nc1nc2ccc(Oc3ccccc3)cc2s1. The van der Waals surface area contributed by atoms with Gasteiger partial charge in [-0.2, -0.15) is 0 Å². The minimum atomic E-state index is -0.705. The Labute approximate surface area is 215 Å². The van der Waals surface area contributed by atoms with E-state index in [0.29, 0.717) is 16.4 Å². The lowest BCUT2D eigenvalue weighted by molar-refractivity contribution is -0.118. The summed E-state index contributed by atoms with van der Waals surface area (Å²) in [5.41, 5.74) is 2.43. The molecule has 1 atom stereocenters. The second-order valence-corrected chi connectivity index (χ2v) is 11.1. The second-order valence-electron chi connectivity index (χ2n) is 10.1. The van der Waals surface area contributed by atoms with E-state index in [-0.39, 0.29) is 23.1 Å². The summed E-state index contributed by atoms with van der Waals surface area (Å²) in [4.78, 5) is 30.5. The van der Waals surface area contributed by atoms with E-state index in [1.165, 1.54) is 11.3 Å². The van der Waals surface area contributed by atoms with Gasteiger partial charge in [0.2, 0.25) is 5.91 Å². The van der Waals surface area contributed by atoms with Crippen LogP contribution in [0.3, 0.4) is 0 Å². The Hall–Kier alpha value is -3.71. The van der Waals surface area contributed by atoms with Gasteiger partial charge in [0.15, 0.2) is 5.13 Å². The van der Waals surface area contributed by atoms with Crippen molar-refractivity contribution in [2.45, 2.75) is 46.1 Å². The molecule has 0 saturated heterocycles. The number of ether oxygens (including phenoxy) is 1. The van der Waals surface area contributed by atoms with Crippen molar-refractivity contribution in [2.24, 2.45) is 5.92 Å². The number of aromatic nitrogens is 1. The van der Waals surface area contributed by atoms with E-state index in [4.69, 9.17) is 4.74 Å². The van der Waals surface area contributed by atoms with Gasteiger partial charge in [0.05, 0.1) is 10.2 Å². The molecule has 0 unspecified atom stereocenters. The largest absolute Gasteiger partial charge is 0.457 e. The highest BCUT2D eigenvalue weighted by molar-refractivity contribution is 7.22. The van der Waals surface area contributed by atoms with E-state index in [1.54, 1.807) is 12.1 Å². The number of hydrogen-bond acceptors (Lipinski definition) is 5. The Balaban J connectivity index is 1.45. The summed E-state index contributed by atoms with van der Waals surface area (Å²) >= 11 is 1.36. The zero-order valence-corrected chi connectivity index (χ0v) is 22.0. The molecule has 186 valence electrons. The third kappa shape index (κ3) is 6.10. The lowest BCUT2D eigenvalue weighted by Crippen LogP contribution is -2.47. The lowest BCUT2D eigenvalue weighted by atomic mass is 9.86. The number of amides is 2. The van der Waals surface area contributed by atoms with Crippen LogP contribution in [0.4, 0.5) is 5.13 Å². The molecule has 2 amide bonds. The summed E-state index contributed by atoms with van der Waals surface area (Å²) in [5, 5.41) is 6.24. The van der Waals surface area contributed by atoms with Crippen LogP contribution in [0.5, 0.6) is 11.5 Å². The summed E-state index contributed by atoms with van der Waals surface area (Å²) in [7, 11) is 0. The normalized spacial score (nSPS) is 12.4. The molecular formula is C29H31N3O3S. The first-order valence-corrected chi connectivity index (χ1v) is 12.8. The summed E-state index contributed by atoms with van der Waals surface area (Å²) in [6.07, 6.45) is 0. The Morgan fingerprint density at radius 1 is 0.917 bits per heavy atom. The molecule has 1 heterocycles. The number of nitrogens with one attached hydrogen (secondary N) is 2. The highest BCUT2D eigenvalue weighted by Gasteiger charge is 2.26. The average molecular weight is 502 g/mol. The van der Waals surface area contributed by atoms with Crippen molar-refractivity contribution in [2.75, 3.05) is 5.32 Å². The number of hydrogen-bond donors (Lipinski definition) is 2. The zero-order chi connectivity index (χ0) is 25.9. The van der Waals surface area contributed by atoms with E-state index in [2.05, 4.69) is 36.4 Å². The van der Waals surface area contributed by atoms with Crippen LogP contribution in [-0.2, 0) is 10.2 Å². The van der Waals surface area contributed by atoms with Gasteiger partial charge in [-0.15, -0.1) is 0 Å². The van der Waals surface area contributed by atoms with Crippen molar-refractivity contribution in [3.05, 3.63) is 83.9 Å². The molecule has 36 heavy (non-hydrogen) atoms. The maximum Gasteiger partial charge on any atom is 0.251 e. The van der Waals surface area contributed by atoms with E-state index in [9.17, 15) is 9.59 Å². The third-order valence-electron chi connectivity index (χ3n) is 5.82. The summed E-state index contributed by atoms with van der Waals surface area (Å²) in [6.45, 7) is 10.2. The topological polar surface area (TPSA) is 80.3 Å². The molecule has 0 fully saturated rings. The molecule has 3 aromatic carbocycles. The van der Waals surface area contributed by atoms with Crippen LogP contribution >= 0.6 is 11.3 Å². The molecule has 4 rings (SSSR count). The maximum atomic E-state index is 13.1. The van der Waals surface area contributed by atoms with E-state index >= 15 is 0 Å². The van der Waals surface area contributed by atoms with Crippen LogP contribution in [0, 0.1) is 5.92 Å². The molecule has 0 bridgehead atoms. The number of carbonyl (C=O) groups is 2. The number of carbonyl (C=O) groups excluding carboxylic acids is 2. The van der Waals surface area contributed by atoms with Gasteiger partial charge in [-0.25, -0.2) is 4.98 Å². The molecule has 2 N–H and O–H groups in total. The molecular weight excluding hydrogens is 470 g/mol. The molecule has 0 spiro atoms. The van der Waals surface area contributed by atoms with Crippen LogP contribution < -0.4 is 15.4 Å². The monoisotopic (exact) mass is 501 g/mol. The summed E-state index contributed by atoms with van der Waals surface area (Å²) in [5.74, 6) is 0.752. The van der Waals surface area contributed by atoms with Crippen molar-refractivity contribution >= 4 is 38.5 Å². The lowest BCUT2D eigenvalue weighted by Gasteiger charge is -2.22.